The van der Waals surface area contributed by atoms with Gasteiger partial charge in [-0.3, -0.25) is 4.79 Å². The molecule has 1 aromatic rings. The van der Waals surface area contributed by atoms with E-state index in [9.17, 15) is 4.79 Å². The summed E-state index contributed by atoms with van der Waals surface area (Å²) in [6.45, 7) is 3.23. The first kappa shape index (κ1) is 13.6. The van der Waals surface area contributed by atoms with Crippen molar-refractivity contribution in [2.75, 3.05) is 13.2 Å². The third kappa shape index (κ3) is 2.86. The van der Waals surface area contributed by atoms with Gasteiger partial charge < -0.3 is 19.3 Å². The van der Waals surface area contributed by atoms with Crippen LogP contribution in [0.3, 0.4) is 0 Å². The van der Waals surface area contributed by atoms with Crippen molar-refractivity contribution < 1.29 is 18.8 Å². The lowest BCUT2D eigenvalue weighted by Crippen LogP contribution is -2.38. The number of hydrogen-bond acceptors (Lipinski definition) is 5. The molecule has 20 heavy (non-hydrogen) atoms. The van der Waals surface area contributed by atoms with Gasteiger partial charge in [0.05, 0.1) is 6.61 Å². The van der Waals surface area contributed by atoms with Gasteiger partial charge in [0.1, 0.15) is 12.4 Å². The first-order chi connectivity index (χ1) is 9.67. The van der Waals surface area contributed by atoms with Crippen molar-refractivity contribution in [2.24, 2.45) is 5.92 Å². The highest BCUT2D eigenvalue weighted by Crippen LogP contribution is 2.39. The van der Waals surface area contributed by atoms with Gasteiger partial charge in [0.15, 0.2) is 11.5 Å². The highest BCUT2D eigenvalue weighted by molar-refractivity contribution is 5.91. The first-order valence-electron chi connectivity index (χ1n) is 7.17. The maximum atomic E-state index is 11.7. The standard InChI is InChI=1S/C14H20N2O4/c1-10-2-5-14(6-3-10)18-9-11(20-14)8-15-13(17)12-4-7-19-16-12/h4,7,10-11H,2-3,5-6,8-9H2,1H3,(H,15,17). The Morgan fingerprint density at radius 3 is 3.00 bits per heavy atom. The average Bonchev–Trinajstić information content (AvgIpc) is 3.10. The van der Waals surface area contributed by atoms with Gasteiger partial charge in [0, 0.05) is 25.5 Å². The predicted molar refractivity (Wildman–Crippen MR) is 70.0 cm³/mol. The van der Waals surface area contributed by atoms with Gasteiger partial charge in [0.25, 0.3) is 5.91 Å². The summed E-state index contributed by atoms with van der Waals surface area (Å²) in [4.78, 5) is 11.7. The van der Waals surface area contributed by atoms with Crippen LogP contribution in [0, 0.1) is 5.92 Å². The van der Waals surface area contributed by atoms with Gasteiger partial charge in [-0.25, -0.2) is 0 Å². The number of hydrogen-bond donors (Lipinski definition) is 1. The van der Waals surface area contributed by atoms with Crippen LogP contribution in [0.2, 0.25) is 0 Å². The van der Waals surface area contributed by atoms with Crippen LogP contribution >= 0.6 is 0 Å². The minimum absolute atomic E-state index is 0.0840. The van der Waals surface area contributed by atoms with E-state index in [4.69, 9.17) is 9.47 Å². The molecule has 1 amide bonds. The van der Waals surface area contributed by atoms with Crippen LogP contribution in [-0.4, -0.2) is 36.1 Å². The molecule has 1 aromatic heterocycles. The molecule has 1 unspecified atom stereocenters. The number of ether oxygens (including phenoxy) is 2. The topological polar surface area (TPSA) is 73.6 Å². The number of nitrogens with one attached hydrogen (secondary N) is 1. The molecule has 2 aliphatic rings. The van der Waals surface area contributed by atoms with Crippen molar-refractivity contribution >= 4 is 5.91 Å². The lowest BCUT2D eigenvalue weighted by molar-refractivity contribution is -0.191. The summed E-state index contributed by atoms with van der Waals surface area (Å²) in [5.41, 5.74) is 0.283. The van der Waals surface area contributed by atoms with Gasteiger partial charge in [0.2, 0.25) is 0 Å². The van der Waals surface area contributed by atoms with Crippen molar-refractivity contribution in [3.63, 3.8) is 0 Å². The summed E-state index contributed by atoms with van der Waals surface area (Å²) >= 11 is 0. The van der Waals surface area contributed by atoms with Crippen LogP contribution in [0.5, 0.6) is 0 Å². The second-order valence-electron chi connectivity index (χ2n) is 5.74. The molecule has 6 nitrogen and oxygen atoms in total. The minimum atomic E-state index is -0.407. The molecule has 1 N–H and O–H groups in total. The number of amides is 1. The van der Waals surface area contributed by atoms with Crippen LogP contribution < -0.4 is 5.32 Å². The summed E-state index contributed by atoms with van der Waals surface area (Å²) in [6.07, 6.45) is 5.46. The fraction of sp³-hybridized carbons (Fsp3) is 0.714. The van der Waals surface area contributed by atoms with E-state index in [2.05, 4.69) is 21.9 Å². The highest BCUT2D eigenvalue weighted by Gasteiger charge is 2.43. The van der Waals surface area contributed by atoms with Gasteiger partial charge in [-0.05, 0) is 18.8 Å². The Balaban J connectivity index is 1.47. The van der Waals surface area contributed by atoms with E-state index >= 15 is 0 Å². The fourth-order valence-electron chi connectivity index (χ4n) is 2.81. The van der Waals surface area contributed by atoms with E-state index in [-0.39, 0.29) is 17.7 Å². The van der Waals surface area contributed by atoms with Crippen molar-refractivity contribution in [1.29, 1.82) is 0 Å². The largest absolute Gasteiger partial charge is 0.364 e. The van der Waals surface area contributed by atoms with E-state index < -0.39 is 5.79 Å². The molecule has 1 saturated carbocycles. The molecule has 2 fully saturated rings. The smallest absolute Gasteiger partial charge is 0.273 e. The Bertz CT molecular complexity index is 452. The Kier molecular flexibility index (Phi) is 3.76. The maximum absolute atomic E-state index is 11.7. The number of carbonyl (C=O) groups excluding carboxylic acids is 1. The molecule has 1 atom stereocenters. The fourth-order valence-corrected chi connectivity index (χ4v) is 2.81. The van der Waals surface area contributed by atoms with E-state index in [0.29, 0.717) is 13.2 Å². The minimum Gasteiger partial charge on any atom is -0.364 e. The van der Waals surface area contributed by atoms with Gasteiger partial charge in [-0.15, -0.1) is 0 Å². The van der Waals surface area contributed by atoms with Crippen molar-refractivity contribution in [3.05, 3.63) is 18.0 Å². The molecule has 0 aromatic carbocycles. The Morgan fingerprint density at radius 2 is 2.30 bits per heavy atom. The molecule has 0 radical (unpaired) electrons. The number of carbonyl (C=O) groups is 1. The SMILES string of the molecule is CC1CCC2(CC1)OCC(CNC(=O)c1ccon1)O2. The lowest BCUT2D eigenvalue weighted by atomic mass is 9.86. The lowest BCUT2D eigenvalue weighted by Gasteiger charge is -2.34. The van der Waals surface area contributed by atoms with E-state index in [0.717, 1.165) is 31.6 Å². The highest BCUT2D eigenvalue weighted by atomic mass is 16.7. The van der Waals surface area contributed by atoms with Crippen LogP contribution in [0.4, 0.5) is 0 Å². The Morgan fingerprint density at radius 1 is 1.50 bits per heavy atom. The van der Waals surface area contributed by atoms with Crippen molar-refractivity contribution in [2.45, 2.75) is 44.5 Å². The second kappa shape index (κ2) is 5.54. The van der Waals surface area contributed by atoms with Crippen LogP contribution in [0.25, 0.3) is 0 Å². The molecule has 1 aliphatic heterocycles. The third-order valence-corrected chi connectivity index (χ3v) is 4.11. The molecular weight excluding hydrogens is 260 g/mol. The van der Waals surface area contributed by atoms with Gasteiger partial charge in [-0.1, -0.05) is 12.1 Å². The zero-order chi connectivity index (χ0) is 14.0. The van der Waals surface area contributed by atoms with Gasteiger partial charge in [-0.2, -0.15) is 0 Å². The summed E-state index contributed by atoms with van der Waals surface area (Å²) in [5.74, 6) is 0.0924. The third-order valence-electron chi connectivity index (χ3n) is 4.11. The predicted octanol–water partition coefficient (Wildman–Crippen LogP) is 1.73. The normalized spacial score (nSPS) is 33.5. The van der Waals surface area contributed by atoms with Crippen molar-refractivity contribution in [1.82, 2.24) is 10.5 Å². The summed E-state index contributed by atoms with van der Waals surface area (Å²) < 4.78 is 16.5. The van der Waals surface area contributed by atoms with E-state index in [1.54, 1.807) is 0 Å². The van der Waals surface area contributed by atoms with Crippen LogP contribution in [0.15, 0.2) is 16.9 Å². The number of aromatic nitrogens is 1. The maximum Gasteiger partial charge on any atom is 0.273 e. The van der Waals surface area contributed by atoms with Crippen LogP contribution in [-0.2, 0) is 9.47 Å². The van der Waals surface area contributed by atoms with Crippen LogP contribution in [0.1, 0.15) is 43.1 Å². The molecule has 3 rings (SSSR count). The quantitative estimate of drug-likeness (QED) is 0.912. The Hall–Kier alpha value is -1.40. The Labute approximate surface area is 117 Å². The summed E-state index contributed by atoms with van der Waals surface area (Å²) in [7, 11) is 0. The zero-order valence-corrected chi connectivity index (χ0v) is 11.6. The molecule has 1 saturated heterocycles. The zero-order valence-electron chi connectivity index (χ0n) is 11.6. The molecular formula is C14H20N2O4. The number of rotatable bonds is 3. The number of nitrogens with zero attached hydrogens (tertiary/aromatic N) is 1. The molecule has 0 bridgehead atoms. The monoisotopic (exact) mass is 280 g/mol. The molecule has 110 valence electrons. The molecule has 6 heteroatoms. The van der Waals surface area contributed by atoms with Gasteiger partial charge >= 0.3 is 0 Å². The molecule has 1 aliphatic carbocycles. The van der Waals surface area contributed by atoms with Crippen molar-refractivity contribution in [3.8, 4) is 0 Å². The molecule has 1 spiro atoms. The van der Waals surface area contributed by atoms with E-state index in [1.807, 2.05) is 0 Å². The first-order valence-corrected chi connectivity index (χ1v) is 7.17. The second-order valence-corrected chi connectivity index (χ2v) is 5.74. The molecule has 2 heterocycles. The average molecular weight is 280 g/mol. The summed E-state index contributed by atoms with van der Waals surface area (Å²) in [6, 6.07) is 1.53. The van der Waals surface area contributed by atoms with E-state index in [1.165, 1.54) is 12.3 Å². The summed E-state index contributed by atoms with van der Waals surface area (Å²) in [5, 5.41) is 6.39.